The number of nitrogens with zero attached hydrogens (tertiary/aromatic N) is 4. The first-order valence-electron chi connectivity index (χ1n) is 8.48. The number of aromatic nitrogens is 3. The summed E-state index contributed by atoms with van der Waals surface area (Å²) in [5, 5.41) is 4.26. The zero-order valence-corrected chi connectivity index (χ0v) is 13.3. The number of hydrogen-bond donors (Lipinski definition) is 0. The van der Waals surface area contributed by atoms with Gasteiger partial charge in [-0.05, 0) is 44.7 Å². The van der Waals surface area contributed by atoms with Crippen molar-refractivity contribution >= 4 is 0 Å². The van der Waals surface area contributed by atoms with Crippen LogP contribution in [0.3, 0.4) is 0 Å². The Morgan fingerprint density at radius 2 is 2.13 bits per heavy atom. The van der Waals surface area contributed by atoms with Crippen LogP contribution >= 0.6 is 0 Å². The Balaban J connectivity index is 1.32. The van der Waals surface area contributed by atoms with Crippen LogP contribution in [0.1, 0.15) is 36.3 Å². The second-order valence-electron chi connectivity index (χ2n) is 6.67. The van der Waals surface area contributed by atoms with Gasteiger partial charge in [0.1, 0.15) is 11.5 Å². The summed E-state index contributed by atoms with van der Waals surface area (Å²) in [5.74, 6) is 1.65. The summed E-state index contributed by atoms with van der Waals surface area (Å²) in [6.45, 7) is 3.79. The molecule has 0 aromatic carbocycles. The lowest BCUT2D eigenvalue weighted by Gasteiger charge is -2.31. The van der Waals surface area contributed by atoms with E-state index in [0.717, 1.165) is 63.3 Å². The predicted octanol–water partition coefficient (Wildman–Crippen LogP) is 1.63. The first-order chi connectivity index (χ1) is 11.3. The van der Waals surface area contributed by atoms with Gasteiger partial charge in [0.2, 0.25) is 0 Å². The highest BCUT2D eigenvalue weighted by Crippen LogP contribution is 2.27. The number of hydrogen-bond acceptors (Lipinski definition) is 5. The smallest absolute Gasteiger partial charge is 0.253 e. The highest BCUT2D eigenvalue weighted by molar-refractivity contribution is 5.27. The van der Waals surface area contributed by atoms with Crippen LogP contribution in [-0.2, 0) is 25.9 Å². The minimum Gasteiger partial charge on any atom is -0.361 e. The normalized spacial score (nSPS) is 19.1. The van der Waals surface area contributed by atoms with Gasteiger partial charge in [0.25, 0.3) is 5.56 Å². The summed E-state index contributed by atoms with van der Waals surface area (Å²) in [4.78, 5) is 18.3. The molecule has 0 radical (unpaired) electrons. The first-order valence-corrected chi connectivity index (χ1v) is 8.48. The van der Waals surface area contributed by atoms with E-state index in [0.29, 0.717) is 5.92 Å². The molecule has 1 aliphatic heterocycles. The van der Waals surface area contributed by atoms with Crippen molar-refractivity contribution in [3.63, 3.8) is 0 Å². The standard InChI is InChI=1S/C17H22N4O2/c22-17-4-7-18-12-21(17)10-13-5-8-20(9-6-13)11-15-14-2-1-3-16(14)23-19-15/h4,7,12-13H,1-3,5-6,8-11H2. The van der Waals surface area contributed by atoms with Gasteiger partial charge in [-0.2, -0.15) is 0 Å². The minimum atomic E-state index is 0.0422. The topological polar surface area (TPSA) is 64.2 Å². The van der Waals surface area contributed by atoms with Crippen LogP contribution in [0.5, 0.6) is 0 Å². The second kappa shape index (κ2) is 6.28. The fourth-order valence-corrected chi connectivity index (χ4v) is 3.74. The quantitative estimate of drug-likeness (QED) is 0.858. The lowest BCUT2D eigenvalue weighted by Crippen LogP contribution is -2.36. The number of likely N-dealkylation sites (tertiary alicyclic amines) is 1. The number of rotatable bonds is 4. The molecule has 0 atom stereocenters. The van der Waals surface area contributed by atoms with Crippen LogP contribution in [0, 0.1) is 5.92 Å². The van der Waals surface area contributed by atoms with Gasteiger partial charge in [0.05, 0.1) is 6.33 Å². The van der Waals surface area contributed by atoms with E-state index in [2.05, 4.69) is 15.0 Å². The minimum absolute atomic E-state index is 0.0422. The molecule has 0 unspecified atom stereocenters. The van der Waals surface area contributed by atoms with Crippen LogP contribution in [0.2, 0.25) is 0 Å². The Kier molecular flexibility index (Phi) is 3.99. The maximum atomic E-state index is 11.8. The van der Waals surface area contributed by atoms with Crippen molar-refractivity contribution < 1.29 is 4.52 Å². The fraction of sp³-hybridized carbons (Fsp3) is 0.588. The highest BCUT2D eigenvalue weighted by Gasteiger charge is 2.25. The lowest BCUT2D eigenvalue weighted by atomic mass is 9.96. The van der Waals surface area contributed by atoms with E-state index in [1.807, 2.05) is 0 Å². The molecule has 0 saturated carbocycles. The molecule has 1 fully saturated rings. The van der Waals surface area contributed by atoms with Crippen molar-refractivity contribution in [1.29, 1.82) is 0 Å². The molecule has 6 heteroatoms. The van der Waals surface area contributed by atoms with Crippen LogP contribution in [0.4, 0.5) is 0 Å². The Morgan fingerprint density at radius 1 is 1.26 bits per heavy atom. The summed E-state index contributed by atoms with van der Waals surface area (Å²) in [5.41, 5.74) is 2.54. The molecule has 0 N–H and O–H groups in total. The number of fused-ring (bicyclic) bond motifs is 1. The molecule has 23 heavy (non-hydrogen) atoms. The summed E-state index contributed by atoms with van der Waals surface area (Å²) in [7, 11) is 0. The van der Waals surface area contributed by atoms with Gasteiger partial charge in [0, 0.05) is 37.3 Å². The third-order valence-corrected chi connectivity index (χ3v) is 5.11. The van der Waals surface area contributed by atoms with Crippen LogP contribution in [0.25, 0.3) is 0 Å². The summed E-state index contributed by atoms with van der Waals surface area (Å²) in [6, 6.07) is 1.53. The largest absolute Gasteiger partial charge is 0.361 e. The van der Waals surface area contributed by atoms with Gasteiger partial charge in [-0.15, -0.1) is 0 Å². The molecule has 4 rings (SSSR count). The fourth-order valence-electron chi connectivity index (χ4n) is 3.74. The van der Waals surface area contributed by atoms with E-state index < -0.39 is 0 Å². The van der Waals surface area contributed by atoms with Crippen LogP contribution in [-0.4, -0.2) is 32.7 Å². The molecule has 6 nitrogen and oxygen atoms in total. The Labute approximate surface area is 135 Å². The molecule has 2 aromatic rings. The van der Waals surface area contributed by atoms with E-state index in [9.17, 15) is 4.79 Å². The summed E-state index contributed by atoms with van der Waals surface area (Å²) in [6.07, 6.45) is 8.79. The molecule has 0 amide bonds. The van der Waals surface area contributed by atoms with Crippen LogP contribution < -0.4 is 5.56 Å². The number of aryl methyl sites for hydroxylation is 1. The molecule has 122 valence electrons. The molecule has 0 bridgehead atoms. The molecule has 1 aliphatic carbocycles. The third kappa shape index (κ3) is 3.08. The molecular weight excluding hydrogens is 292 g/mol. The van der Waals surface area contributed by atoms with E-state index >= 15 is 0 Å². The van der Waals surface area contributed by atoms with Crippen molar-refractivity contribution in [1.82, 2.24) is 19.6 Å². The maximum Gasteiger partial charge on any atom is 0.253 e. The van der Waals surface area contributed by atoms with E-state index in [-0.39, 0.29) is 5.56 Å². The van der Waals surface area contributed by atoms with E-state index in [4.69, 9.17) is 4.52 Å². The van der Waals surface area contributed by atoms with E-state index in [1.165, 1.54) is 18.1 Å². The monoisotopic (exact) mass is 314 g/mol. The van der Waals surface area contributed by atoms with Crippen molar-refractivity contribution in [3.05, 3.63) is 46.0 Å². The maximum absolute atomic E-state index is 11.8. The lowest BCUT2D eigenvalue weighted by molar-refractivity contribution is 0.162. The van der Waals surface area contributed by atoms with Gasteiger partial charge in [0.15, 0.2) is 0 Å². The number of piperidine rings is 1. The molecule has 1 saturated heterocycles. The zero-order valence-electron chi connectivity index (χ0n) is 13.3. The summed E-state index contributed by atoms with van der Waals surface area (Å²) >= 11 is 0. The van der Waals surface area contributed by atoms with Gasteiger partial charge < -0.3 is 4.52 Å². The first kappa shape index (κ1) is 14.6. The van der Waals surface area contributed by atoms with Crippen LogP contribution in [0.15, 0.2) is 27.9 Å². The van der Waals surface area contributed by atoms with Gasteiger partial charge >= 0.3 is 0 Å². The zero-order chi connectivity index (χ0) is 15.6. The highest BCUT2D eigenvalue weighted by atomic mass is 16.5. The van der Waals surface area contributed by atoms with E-state index in [1.54, 1.807) is 17.1 Å². The predicted molar refractivity (Wildman–Crippen MR) is 85.0 cm³/mol. The summed E-state index contributed by atoms with van der Waals surface area (Å²) < 4.78 is 7.17. The second-order valence-corrected chi connectivity index (χ2v) is 6.67. The molecule has 3 heterocycles. The van der Waals surface area contributed by atoms with Gasteiger partial charge in [-0.25, -0.2) is 4.98 Å². The Morgan fingerprint density at radius 3 is 2.96 bits per heavy atom. The molecule has 2 aliphatic rings. The van der Waals surface area contributed by atoms with Gasteiger partial charge in [-0.1, -0.05) is 5.16 Å². The average Bonchev–Trinajstić information content (AvgIpc) is 3.17. The average molecular weight is 314 g/mol. The molecule has 2 aromatic heterocycles. The Bertz CT molecular complexity index is 728. The van der Waals surface area contributed by atoms with Gasteiger partial charge in [-0.3, -0.25) is 14.3 Å². The van der Waals surface area contributed by atoms with Crippen molar-refractivity contribution in [3.8, 4) is 0 Å². The Hall–Kier alpha value is -1.95. The van der Waals surface area contributed by atoms with Crippen molar-refractivity contribution in [2.45, 2.75) is 45.2 Å². The van der Waals surface area contributed by atoms with Crippen molar-refractivity contribution in [2.75, 3.05) is 13.1 Å². The molecular formula is C17H22N4O2. The van der Waals surface area contributed by atoms with Crippen molar-refractivity contribution in [2.24, 2.45) is 5.92 Å². The molecule has 0 spiro atoms. The SMILES string of the molecule is O=c1ccncn1CC1CCN(Cc2noc3c2CCC3)CC1. The third-order valence-electron chi connectivity index (χ3n) is 5.11.